The zero-order valence-electron chi connectivity index (χ0n) is 10.1. The van der Waals surface area contributed by atoms with Crippen LogP contribution in [0.25, 0.3) is 0 Å². The van der Waals surface area contributed by atoms with Gasteiger partial charge < -0.3 is 10.0 Å². The summed E-state index contributed by atoms with van der Waals surface area (Å²) in [5.74, 6) is 0.870. The molecule has 0 aromatic carbocycles. The van der Waals surface area contributed by atoms with E-state index in [0.29, 0.717) is 11.6 Å². The van der Waals surface area contributed by atoms with Gasteiger partial charge in [0.25, 0.3) is 0 Å². The largest absolute Gasteiger partial charge is 0.393 e. The van der Waals surface area contributed by atoms with Crippen molar-refractivity contribution in [1.82, 2.24) is 9.97 Å². The molecule has 0 saturated carbocycles. The zero-order valence-corrected chi connectivity index (χ0v) is 10.1. The predicted octanol–water partition coefficient (Wildman–Crippen LogP) is 0.864. The lowest BCUT2D eigenvalue weighted by Crippen LogP contribution is -2.25. The van der Waals surface area contributed by atoms with Crippen molar-refractivity contribution in [3.63, 3.8) is 0 Å². The van der Waals surface area contributed by atoms with Crippen LogP contribution in [-0.4, -0.2) is 34.3 Å². The third kappa shape index (κ3) is 2.53. The molecule has 0 spiro atoms. The number of aromatic nitrogens is 2. The molecule has 1 saturated heterocycles. The second kappa shape index (κ2) is 4.68. The van der Waals surface area contributed by atoms with Crippen LogP contribution >= 0.6 is 0 Å². The van der Waals surface area contributed by atoms with Gasteiger partial charge >= 0.3 is 0 Å². The second-order valence-electron chi connectivity index (χ2n) is 4.54. The van der Waals surface area contributed by atoms with E-state index in [2.05, 4.69) is 9.97 Å². The van der Waals surface area contributed by atoms with Gasteiger partial charge in [0.05, 0.1) is 6.10 Å². The molecule has 17 heavy (non-hydrogen) atoms. The van der Waals surface area contributed by atoms with Gasteiger partial charge in [-0.25, -0.2) is 9.97 Å². The fourth-order valence-electron chi connectivity index (χ4n) is 2.11. The van der Waals surface area contributed by atoms with Crippen LogP contribution in [0.5, 0.6) is 0 Å². The monoisotopic (exact) mass is 232 g/mol. The lowest BCUT2D eigenvalue weighted by atomic mass is 10.0. The van der Waals surface area contributed by atoms with Crippen LogP contribution in [0.2, 0.25) is 0 Å². The average molecular weight is 232 g/mol. The summed E-state index contributed by atoms with van der Waals surface area (Å²) < 4.78 is 0. The smallest absolute Gasteiger partial charge is 0.226 e. The highest BCUT2D eigenvalue weighted by atomic mass is 16.3. The number of nitriles is 1. The molecule has 2 rings (SSSR count). The molecule has 1 aliphatic heterocycles. The number of hydrogen-bond donors (Lipinski definition) is 1. The van der Waals surface area contributed by atoms with Crippen LogP contribution in [0.4, 0.5) is 5.95 Å². The molecule has 2 heterocycles. The van der Waals surface area contributed by atoms with Gasteiger partial charge in [0.2, 0.25) is 5.95 Å². The molecular weight excluding hydrogens is 216 g/mol. The lowest BCUT2D eigenvalue weighted by Gasteiger charge is -2.17. The number of aliphatic hydroxyl groups excluding tert-OH is 1. The Labute approximate surface area is 101 Å². The molecule has 1 N–H and O–H groups in total. The van der Waals surface area contributed by atoms with Crippen LogP contribution in [0.15, 0.2) is 6.07 Å². The summed E-state index contributed by atoms with van der Waals surface area (Å²) in [6.45, 7) is 5.26. The van der Waals surface area contributed by atoms with Gasteiger partial charge in [-0.3, -0.25) is 0 Å². The van der Waals surface area contributed by atoms with Crippen LogP contribution in [-0.2, 0) is 0 Å². The molecule has 2 unspecified atom stereocenters. The van der Waals surface area contributed by atoms with Crippen molar-refractivity contribution >= 4 is 5.95 Å². The fraction of sp³-hybridized carbons (Fsp3) is 0.583. The van der Waals surface area contributed by atoms with Crippen molar-refractivity contribution in [2.75, 3.05) is 18.0 Å². The maximum absolute atomic E-state index is 9.55. The maximum atomic E-state index is 9.55. The molecule has 1 aromatic heterocycles. The van der Waals surface area contributed by atoms with Gasteiger partial charge in [0.15, 0.2) is 0 Å². The first kappa shape index (κ1) is 11.8. The van der Waals surface area contributed by atoms with Gasteiger partial charge in [-0.15, -0.1) is 0 Å². The zero-order chi connectivity index (χ0) is 12.4. The standard InChI is InChI=1S/C12H16N4O/c1-8-5-11(6-13)15-12(14-8)16-4-3-10(7-16)9(2)17/h5,9-10,17H,3-4,7H2,1-2H3. The summed E-state index contributed by atoms with van der Waals surface area (Å²) in [5.41, 5.74) is 1.19. The van der Waals surface area contributed by atoms with E-state index >= 15 is 0 Å². The Morgan fingerprint density at radius 3 is 2.94 bits per heavy atom. The van der Waals surface area contributed by atoms with Crippen LogP contribution in [0.1, 0.15) is 24.7 Å². The van der Waals surface area contributed by atoms with Crippen LogP contribution < -0.4 is 4.90 Å². The average Bonchev–Trinajstić information content (AvgIpc) is 2.77. The summed E-state index contributed by atoms with van der Waals surface area (Å²) in [6.07, 6.45) is 0.636. The molecule has 0 aliphatic carbocycles. The number of aryl methyl sites for hydroxylation is 1. The Hall–Kier alpha value is -1.67. The van der Waals surface area contributed by atoms with E-state index in [9.17, 15) is 5.11 Å². The van der Waals surface area contributed by atoms with E-state index in [1.54, 1.807) is 6.07 Å². The predicted molar refractivity (Wildman–Crippen MR) is 63.5 cm³/mol. The molecule has 1 aliphatic rings. The van der Waals surface area contributed by atoms with Gasteiger partial charge in [0.1, 0.15) is 11.8 Å². The van der Waals surface area contributed by atoms with Crippen LogP contribution in [0.3, 0.4) is 0 Å². The normalized spacial score (nSPS) is 21.3. The van der Waals surface area contributed by atoms with Crippen molar-refractivity contribution in [1.29, 1.82) is 5.26 Å². The van der Waals surface area contributed by atoms with E-state index in [1.807, 2.05) is 24.8 Å². The van der Waals surface area contributed by atoms with Crippen molar-refractivity contribution in [2.45, 2.75) is 26.4 Å². The van der Waals surface area contributed by atoms with Crippen molar-refractivity contribution in [3.05, 3.63) is 17.5 Å². The minimum Gasteiger partial charge on any atom is -0.393 e. The topological polar surface area (TPSA) is 73.0 Å². The quantitative estimate of drug-likeness (QED) is 0.818. The minimum absolute atomic E-state index is 0.268. The van der Waals surface area contributed by atoms with E-state index in [0.717, 1.165) is 25.2 Å². The Balaban J connectivity index is 2.19. The van der Waals surface area contributed by atoms with Crippen molar-refractivity contribution in [3.8, 4) is 6.07 Å². The fourth-order valence-corrected chi connectivity index (χ4v) is 2.11. The number of anilines is 1. The third-order valence-electron chi connectivity index (χ3n) is 3.15. The SMILES string of the molecule is Cc1cc(C#N)nc(N2CCC(C(C)O)C2)n1. The Morgan fingerprint density at radius 2 is 2.35 bits per heavy atom. The summed E-state index contributed by atoms with van der Waals surface area (Å²) >= 11 is 0. The first-order valence-corrected chi connectivity index (χ1v) is 5.79. The molecule has 5 nitrogen and oxygen atoms in total. The van der Waals surface area contributed by atoms with Crippen LogP contribution in [0, 0.1) is 24.2 Å². The highest BCUT2D eigenvalue weighted by Crippen LogP contribution is 2.23. The van der Waals surface area contributed by atoms with Crippen molar-refractivity contribution < 1.29 is 5.11 Å². The molecule has 0 bridgehead atoms. The van der Waals surface area contributed by atoms with Crippen molar-refractivity contribution in [2.24, 2.45) is 5.92 Å². The van der Waals surface area contributed by atoms with E-state index in [-0.39, 0.29) is 12.0 Å². The summed E-state index contributed by atoms with van der Waals surface area (Å²) in [6, 6.07) is 3.71. The van der Waals surface area contributed by atoms with E-state index in [1.165, 1.54) is 0 Å². The molecule has 0 radical (unpaired) electrons. The highest BCUT2D eigenvalue weighted by Gasteiger charge is 2.27. The molecular formula is C12H16N4O. The number of hydrogen-bond acceptors (Lipinski definition) is 5. The first-order chi connectivity index (χ1) is 8.10. The molecule has 2 atom stereocenters. The number of nitrogens with zero attached hydrogens (tertiary/aromatic N) is 4. The number of aliphatic hydroxyl groups is 1. The lowest BCUT2D eigenvalue weighted by molar-refractivity contribution is 0.136. The maximum Gasteiger partial charge on any atom is 0.226 e. The Morgan fingerprint density at radius 1 is 1.59 bits per heavy atom. The molecule has 1 fully saturated rings. The minimum atomic E-state index is -0.305. The molecule has 1 aromatic rings. The van der Waals surface area contributed by atoms with Gasteiger partial charge in [0, 0.05) is 24.7 Å². The Bertz CT molecular complexity index is 452. The highest BCUT2D eigenvalue weighted by molar-refractivity contribution is 5.37. The molecule has 0 amide bonds. The van der Waals surface area contributed by atoms with Gasteiger partial charge in [-0.2, -0.15) is 5.26 Å². The van der Waals surface area contributed by atoms with Gasteiger partial charge in [-0.1, -0.05) is 0 Å². The summed E-state index contributed by atoms with van der Waals surface area (Å²) in [4.78, 5) is 10.6. The summed E-state index contributed by atoms with van der Waals surface area (Å²) in [5, 5.41) is 18.4. The number of rotatable bonds is 2. The molecule has 90 valence electrons. The first-order valence-electron chi connectivity index (χ1n) is 5.79. The summed E-state index contributed by atoms with van der Waals surface area (Å²) in [7, 11) is 0. The third-order valence-corrected chi connectivity index (χ3v) is 3.15. The second-order valence-corrected chi connectivity index (χ2v) is 4.54. The van der Waals surface area contributed by atoms with E-state index in [4.69, 9.17) is 5.26 Å². The Kier molecular flexibility index (Phi) is 3.25. The van der Waals surface area contributed by atoms with E-state index < -0.39 is 0 Å². The molecule has 5 heteroatoms. The van der Waals surface area contributed by atoms with Gasteiger partial charge in [-0.05, 0) is 26.3 Å².